The molecule has 0 spiro atoms. The fraction of sp³-hybridized carbons (Fsp3) is 0.500. The van der Waals surface area contributed by atoms with E-state index in [2.05, 4.69) is 22.3 Å². The van der Waals surface area contributed by atoms with Gasteiger partial charge in [0.25, 0.3) is 0 Å². The molecule has 0 aliphatic carbocycles. The van der Waals surface area contributed by atoms with E-state index in [4.69, 9.17) is 11.6 Å². The van der Waals surface area contributed by atoms with Crippen molar-refractivity contribution in [2.45, 2.75) is 24.9 Å². The standard InChI is InChI=1S/C12H15ClN2/c13-9-1-5-12(6-2-9)15-7-10-3-4-11(8-15)14-10/h1-2,5-6,10-11,14H,3-4,7-8H2/t10-,11+. The van der Waals surface area contributed by atoms with E-state index < -0.39 is 0 Å². The first-order valence-corrected chi connectivity index (χ1v) is 5.95. The van der Waals surface area contributed by atoms with Crippen molar-refractivity contribution in [1.82, 2.24) is 5.32 Å². The summed E-state index contributed by atoms with van der Waals surface area (Å²) in [7, 11) is 0. The minimum absolute atomic E-state index is 0.694. The van der Waals surface area contributed by atoms with Crippen LogP contribution >= 0.6 is 11.6 Å². The predicted octanol–water partition coefficient (Wildman–Crippen LogP) is 2.28. The number of fused-ring (bicyclic) bond motifs is 2. The predicted molar refractivity (Wildman–Crippen MR) is 63.6 cm³/mol. The van der Waals surface area contributed by atoms with Crippen molar-refractivity contribution < 1.29 is 0 Å². The fourth-order valence-corrected chi connectivity index (χ4v) is 2.79. The van der Waals surface area contributed by atoms with Crippen molar-refractivity contribution >= 4 is 17.3 Å². The second kappa shape index (κ2) is 3.69. The van der Waals surface area contributed by atoms with Crippen molar-refractivity contribution in [1.29, 1.82) is 0 Å². The van der Waals surface area contributed by atoms with E-state index in [1.807, 2.05) is 12.1 Å². The normalized spacial score (nSPS) is 29.5. The molecule has 2 nitrogen and oxygen atoms in total. The lowest BCUT2D eigenvalue weighted by Gasteiger charge is -2.34. The maximum atomic E-state index is 5.89. The number of anilines is 1. The molecule has 0 unspecified atom stereocenters. The van der Waals surface area contributed by atoms with Crippen LogP contribution < -0.4 is 10.2 Å². The summed E-state index contributed by atoms with van der Waals surface area (Å²) in [6.07, 6.45) is 2.66. The van der Waals surface area contributed by atoms with Crippen LogP contribution in [0.1, 0.15) is 12.8 Å². The molecular weight excluding hydrogens is 208 g/mol. The monoisotopic (exact) mass is 222 g/mol. The van der Waals surface area contributed by atoms with Crippen LogP contribution in [0, 0.1) is 0 Å². The molecule has 2 bridgehead atoms. The van der Waals surface area contributed by atoms with Gasteiger partial charge in [-0.1, -0.05) is 11.6 Å². The molecule has 0 radical (unpaired) electrons. The van der Waals surface area contributed by atoms with E-state index in [-0.39, 0.29) is 0 Å². The maximum absolute atomic E-state index is 5.89. The molecule has 2 atom stereocenters. The Hall–Kier alpha value is -0.730. The summed E-state index contributed by atoms with van der Waals surface area (Å²) in [4.78, 5) is 2.47. The molecule has 2 aliphatic heterocycles. The minimum atomic E-state index is 0.694. The van der Waals surface area contributed by atoms with E-state index in [1.54, 1.807) is 0 Å². The summed E-state index contributed by atoms with van der Waals surface area (Å²) in [5.74, 6) is 0. The third-order valence-corrected chi connectivity index (χ3v) is 3.66. The Balaban J connectivity index is 1.80. The highest BCUT2D eigenvalue weighted by Gasteiger charge is 2.31. The smallest absolute Gasteiger partial charge is 0.0407 e. The van der Waals surface area contributed by atoms with Gasteiger partial charge in [0.2, 0.25) is 0 Å². The van der Waals surface area contributed by atoms with Crippen LogP contribution in [0.3, 0.4) is 0 Å². The van der Waals surface area contributed by atoms with Crippen LogP contribution in [0.5, 0.6) is 0 Å². The topological polar surface area (TPSA) is 15.3 Å². The number of rotatable bonds is 1. The van der Waals surface area contributed by atoms with Crippen LogP contribution in [0.4, 0.5) is 5.69 Å². The molecule has 2 saturated heterocycles. The summed E-state index contributed by atoms with van der Waals surface area (Å²) in [5, 5.41) is 4.45. The zero-order valence-electron chi connectivity index (χ0n) is 8.62. The highest BCUT2D eigenvalue weighted by atomic mass is 35.5. The van der Waals surface area contributed by atoms with Gasteiger partial charge in [-0.15, -0.1) is 0 Å². The van der Waals surface area contributed by atoms with Crippen LogP contribution in [0.25, 0.3) is 0 Å². The molecule has 1 N–H and O–H groups in total. The van der Waals surface area contributed by atoms with Gasteiger partial charge < -0.3 is 10.2 Å². The minimum Gasteiger partial charge on any atom is -0.368 e. The first-order valence-electron chi connectivity index (χ1n) is 5.58. The molecule has 3 heteroatoms. The molecule has 15 heavy (non-hydrogen) atoms. The number of benzene rings is 1. The molecular formula is C12H15ClN2. The van der Waals surface area contributed by atoms with Gasteiger partial charge >= 0.3 is 0 Å². The van der Waals surface area contributed by atoms with Crippen molar-refractivity contribution in [3.63, 3.8) is 0 Å². The molecule has 1 aromatic rings. The first kappa shape index (κ1) is 9.49. The molecule has 0 amide bonds. The molecule has 3 rings (SSSR count). The number of piperazine rings is 1. The highest BCUT2D eigenvalue weighted by molar-refractivity contribution is 6.30. The van der Waals surface area contributed by atoms with E-state index >= 15 is 0 Å². The van der Waals surface area contributed by atoms with Gasteiger partial charge in [-0.05, 0) is 37.1 Å². The van der Waals surface area contributed by atoms with Gasteiger partial charge in [0, 0.05) is 35.9 Å². The van der Waals surface area contributed by atoms with E-state index in [9.17, 15) is 0 Å². The second-order valence-corrected chi connectivity index (χ2v) is 4.96. The lowest BCUT2D eigenvalue weighted by atomic mass is 10.2. The summed E-state index contributed by atoms with van der Waals surface area (Å²) in [6.45, 7) is 2.27. The summed E-state index contributed by atoms with van der Waals surface area (Å²) in [6, 6.07) is 9.57. The number of nitrogens with one attached hydrogen (secondary N) is 1. The first-order chi connectivity index (χ1) is 7.31. The van der Waals surface area contributed by atoms with E-state index in [1.165, 1.54) is 18.5 Å². The fourth-order valence-electron chi connectivity index (χ4n) is 2.66. The van der Waals surface area contributed by atoms with E-state index in [0.29, 0.717) is 12.1 Å². The molecule has 0 saturated carbocycles. The number of halogens is 1. The average Bonchev–Trinajstić information content (AvgIpc) is 2.59. The third kappa shape index (κ3) is 1.84. The lowest BCUT2D eigenvalue weighted by molar-refractivity contribution is 0.466. The van der Waals surface area contributed by atoms with Crippen LogP contribution in [0.2, 0.25) is 5.02 Å². The zero-order chi connectivity index (χ0) is 10.3. The van der Waals surface area contributed by atoms with Crippen LogP contribution in [0.15, 0.2) is 24.3 Å². The maximum Gasteiger partial charge on any atom is 0.0407 e. The van der Waals surface area contributed by atoms with Gasteiger partial charge in [-0.25, -0.2) is 0 Å². The Morgan fingerprint density at radius 3 is 2.27 bits per heavy atom. The van der Waals surface area contributed by atoms with Crippen molar-refractivity contribution in [2.75, 3.05) is 18.0 Å². The zero-order valence-corrected chi connectivity index (χ0v) is 9.37. The number of nitrogens with zero attached hydrogens (tertiary/aromatic N) is 1. The van der Waals surface area contributed by atoms with Crippen LogP contribution in [-0.2, 0) is 0 Å². The van der Waals surface area contributed by atoms with Gasteiger partial charge in [0.05, 0.1) is 0 Å². The Labute approximate surface area is 95.2 Å². The quantitative estimate of drug-likeness (QED) is 0.785. The molecule has 2 aliphatic rings. The largest absolute Gasteiger partial charge is 0.368 e. The van der Waals surface area contributed by atoms with Gasteiger partial charge in [-0.3, -0.25) is 0 Å². The molecule has 2 heterocycles. The Morgan fingerprint density at radius 1 is 1.07 bits per heavy atom. The van der Waals surface area contributed by atoms with Crippen molar-refractivity contribution in [2.24, 2.45) is 0 Å². The number of hydrogen-bond acceptors (Lipinski definition) is 2. The third-order valence-electron chi connectivity index (χ3n) is 3.41. The molecule has 2 fully saturated rings. The molecule has 80 valence electrons. The molecule has 0 aromatic heterocycles. The highest BCUT2D eigenvalue weighted by Crippen LogP contribution is 2.25. The summed E-state index contributed by atoms with van der Waals surface area (Å²) < 4.78 is 0. The van der Waals surface area contributed by atoms with Gasteiger partial charge in [0.1, 0.15) is 0 Å². The van der Waals surface area contributed by atoms with Crippen molar-refractivity contribution in [3.05, 3.63) is 29.3 Å². The second-order valence-electron chi connectivity index (χ2n) is 4.52. The number of hydrogen-bond donors (Lipinski definition) is 1. The summed E-state index contributed by atoms with van der Waals surface area (Å²) >= 11 is 5.89. The molecule has 1 aromatic carbocycles. The van der Waals surface area contributed by atoms with E-state index in [0.717, 1.165) is 18.1 Å². The average molecular weight is 223 g/mol. The van der Waals surface area contributed by atoms with Gasteiger partial charge in [-0.2, -0.15) is 0 Å². The SMILES string of the molecule is Clc1ccc(N2C[C@H]3CC[C@@H](C2)N3)cc1. The van der Waals surface area contributed by atoms with Gasteiger partial charge in [0.15, 0.2) is 0 Å². The Bertz CT molecular complexity index is 337. The van der Waals surface area contributed by atoms with Crippen LogP contribution in [-0.4, -0.2) is 25.2 Å². The Morgan fingerprint density at radius 2 is 1.67 bits per heavy atom. The summed E-state index contributed by atoms with van der Waals surface area (Å²) in [5.41, 5.74) is 1.30. The Kier molecular flexibility index (Phi) is 2.33. The lowest BCUT2D eigenvalue weighted by Crippen LogP contribution is -2.51. The van der Waals surface area contributed by atoms with Crippen molar-refractivity contribution in [3.8, 4) is 0 Å².